The molecule has 8 heteroatoms. The molecule has 22 heavy (non-hydrogen) atoms. The Kier molecular flexibility index (Phi) is 4.84. The molecule has 118 valence electrons. The van der Waals surface area contributed by atoms with Crippen molar-refractivity contribution >= 4 is 23.6 Å². The number of hydrogen-bond donors (Lipinski definition) is 2. The Morgan fingerprint density at radius 1 is 0.682 bits per heavy atom. The van der Waals surface area contributed by atoms with Gasteiger partial charge in [0.25, 0.3) is 23.6 Å². The molecule has 0 spiro atoms. The second kappa shape index (κ2) is 6.63. The summed E-state index contributed by atoms with van der Waals surface area (Å²) in [5, 5.41) is 0. The van der Waals surface area contributed by atoms with Gasteiger partial charge < -0.3 is 11.5 Å². The van der Waals surface area contributed by atoms with E-state index in [1.807, 2.05) is 0 Å². The number of amides is 4. The van der Waals surface area contributed by atoms with Crippen LogP contribution in [-0.2, 0) is 19.2 Å². The standard InChI is InChI=1S/C14H18N4O4/c15-9(17-11(19)5-6-12(17)20)3-1-2-4-10(16)18-13(21)7-8-14(18)22/h5-10H,1-4,15-16H2. The number of imide groups is 2. The van der Waals surface area contributed by atoms with Crippen LogP contribution in [0.5, 0.6) is 0 Å². The van der Waals surface area contributed by atoms with E-state index in [2.05, 4.69) is 0 Å². The summed E-state index contributed by atoms with van der Waals surface area (Å²) < 4.78 is 0. The molecule has 0 radical (unpaired) electrons. The Hall–Kier alpha value is -2.32. The van der Waals surface area contributed by atoms with E-state index in [1.54, 1.807) is 0 Å². The molecule has 2 atom stereocenters. The number of unbranched alkanes of at least 4 members (excludes halogenated alkanes) is 1. The lowest BCUT2D eigenvalue weighted by molar-refractivity contribution is -0.141. The first-order chi connectivity index (χ1) is 10.4. The predicted molar refractivity (Wildman–Crippen MR) is 76.4 cm³/mol. The summed E-state index contributed by atoms with van der Waals surface area (Å²) in [5.41, 5.74) is 11.7. The number of nitrogens with zero attached hydrogens (tertiary/aromatic N) is 2. The first kappa shape index (κ1) is 16.1. The Morgan fingerprint density at radius 2 is 0.955 bits per heavy atom. The van der Waals surface area contributed by atoms with Gasteiger partial charge >= 0.3 is 0 Å². The van der Waals surface area contributed by atoms with Crippen LogP contribution in [0.3, 0.4) is 0 Å². The minimum Gasteiger partial charge on any atom is -0.311 e. The van der Waals surface area contributed by atoms with Crippen LogP contribution in [0.2, 0.25) is 0 Å². The van der Waals surface area contributed by atoms with Crippen molar-refractivity contribution in [3.63, 3.8) is 0 Å². The van der Waals surface area contributed by atoms with Crippen LogP contribution in [0.25, 0.3) is 0 Å². The molecule has 0 aliphatic carbocycles. The van der Waals surface area contributed by atoms with Crippen LogP contribution in [0, 0.1) is 0 Å². The summed E-state index contributed by atoms with van der Waals surface area (Å²) in [6.07, 6.45) is 5.52. The number of carbonyl (C=O) groups excluding carboxylic acids is 4. The maximum Gasteiger partial charge on any atom is 0.254 e. The van der Waals surface area contributed by atoms with Crippen molar-refractivity contribution in [1.82, 2.24) is 9.80 Å². The number of carbonyl (C=O) groups is 4. The predicted octanol–water partition coefficient (Wildman–Crippen LogP) is -1.03. The summed E-state index contributed by atoms with van der Waals surface area (Å²) in [6, 6.07) is 0. The smallest absolute Gasteiger partial charge is 0.254 e. The van der Waals surface area contributed by atoms with Gasteiger partial charge in [-0.25, -0.2) is 0 Å². The lowest BCUT2D eigenvalue weighted by Crippen LogP contribution is -2.46. The summed E-state index contributed by atoms with van der Waals surface area (Å²) in [7, 11) is 0. The van der Waals surface area contributed by atoms with Crippen molar-refractivity contribution in [3.8, 4) is 0 Å². The molecule has 0 aromatic carbocycles. The van der Waals surface area contributed by atoms with Crippen molar-refractivity contribution in [2.75, 3.05) is 0 Å². The summed E-state index contributed by atoms with van der Waals surface area (Å²) >= 11 is 0. The molecule has 0 saturated carbocycles. The third-order valence-corrected chi connectivity index (χ3v) is 3.60. The van der Waals surface area contributed by atoms with Crippen LogP contribution in [0.1, 0.15) is 25.7 Å². The Morgan fingerprint density at radius 3 is 1.23 bits per heavy atom. The molecule has 2 aliphatic heterocycles. The molecule has 8 nitrogen and oxygen atoms in total. The van der Waals surface area contributed by atoms with E-state index in [0.717, 1.165) is 9.80 Å². The Labute approximate surface area is 127 Å². The van der Waals surface area contributed by atoms with Gasteiger partial charge in [0.1, 0.15) is 0 Å². The second-order valence-electron chi connectivity index (χ2n) is 5.18. The molecule has 4 amide bonds. The van der Waals surface area contributed by atoms with Crippen LogP contribution in [0.15, 0.2) is 24.3 Å². The van der Waals surface area contributed by atoms with Crippen molar-refractivity contribution in [2.45, 2.75) is 38.0 Å². The third-order valence-electron chi connectivity index (χ3n) is 3.60. The maximum absolute atomic E-state index is 11.4. The van der Waals surface area contributed by atoms with Gasteiger partial charge in [-0.05, 0) is 25.7 Å². The molecule has 4 N–H and O–H groups in total. The van der Waals surface area contributed by atoms with Gasteiger partial charge in [-0.1, -0.05) is 0 Å². The molecule has 0 aromatic heterocycles. The van der Waals surface area contributed by atoms with E-state index in [-0.39, 0.29) is 0 Å². The summed E-state index contributed by atoms with van der Waals surface area (Å²) in [5.74, 6) is -1.64. The molecular weight excluding hydrogens is 288 g/mol. The third kappa shape index (κ3) is 3.29. The zero-order valence-corrected chi connectivity index (χ0v) is 12.0. The normalized spacial score (nSPS) is 20.5. The topological polar surface area (TPSA) is 127 Å². The van der Waals surface area contributed by atoms with Gasteiger partial charge in [0.15, 0.2) is 0 Å². The van der Waals surface area contributed by atoms with E-state index < -0.39 is 36.0 Å². The Balaban J connectivity index is 1.71. The molecule has 2 unspecified atom stereocenters. The van der Waals surface area contributed by atoms with Crippen LogP contribution < -0.4 is 11.5 Å². The van der Waals surface area contributed by atoms with Crippen molar-refractivity contribution in [1.29, 1.82) is 0 Å². The average molecular weight is 306 g/mol. The van der Waals surface area contributed by atoms with Crippen LogP contribution in [0.4, 0.5) is 0 Å². The molecule has 2 aliphatic rings. The maximum atomic E-state index is 11.4. The van der Waals surface area contributed by atoms with Gasteiger partial charge in [0.05, 0.1) is 12.3 Å². The largest absolute Gasteiger partial charge is 0.311 e. The minimum absolute atomic E-state index is 0.409. The minimum atomic E-state index is -0.678. The quantitative estimate of drug-likeness (QED) is 0.457. The molecule has 0 aromatic rings. The van der Waals surface area contributed by atoms with E-state index in [1.165, 1.54) is 24.3 Å². The van der Waals surface area contributed by atoms with Gasteiger partial charge in [-0.15, -0.1) is 0 Å². The molecule has 2 heterocycles. The SMILES string of the molecule is NC(CCCCC(N)N1C(=O)C=CC1=O)N1C(=O)C=CC1=O. The number of hydrogen-bond acceptors (Lipinski definition) is 6. The van der Waals surface area contributed by atoms with Gasteiger partial charge in [-0.2, -0.15) is 0 Å². The molecule has 0 bridgehead atoms. The van der Waals surface area contributed by atoms with E-state index in [9.17, 15) is 19.2 Å². The first-order valence-corrected chi connectivity index (χ1v) is 7.03. The molecule has 2 rings (SSSR count). The van der Waals surface area contributed by atoms with Crippen molar-refractivity contribution < 1.29 is 19.2 Å². The van der Waals surface area contributed by atoms with E-state index in [4.69, 9.17) is 11.5 Å². The lowest BCUT2D eigenvalue weighted by Gasteiger charge is -2.24. The van der Waals surface area contributed by atoms with Gasteiger partial charge in [-0.3, -0.25) is 29.0 Å². The number of nitrogens with two attached hydrogens (primary N) is 2. The monoisotopic (exact) mass is 306 g/mol. The average Bonchev–Trinajstić information content (AvgIpc) is 2.97. The van der Waals surface area contributed by atoms with Gasteiger partial charge in [0, 0.05) is 24.3 Å². The summed E-state index contributed by atoms with van der Waals surface area (Å²) in [4.78, 5) is 47.8. The zero-order chi connectivity index (χ0) is 16.3. The molecule has 0 saturated heterocycles. The molecule has 0 fully saturated rings. The van der Waals surface area contributed by atoms with Crippen LogP contribution >= 0.6 is 0 Å². The summed E-state index contributed by atoms with van der Waals surface area (Å²) in [6.45, 7) is 0. The Bertz CT molecular complexity index is 483. The van der Waals surface area contributed by atoms with Crippen LogP contribution in [-0.4, -0.2) is 45.8 Å². The lowest BCUT2D eigenvalue weighted by atomic mass is 10.1. The highest BCUT2D eigenvalue weighted by Crippen LogP contribution is 2.14. The van der Waals surface area contributed by atoms with Crippen molar-refractivity contribution in [3.05, 3.63) is 24.3 Å². The molecular formula is C14H18N4O4. The second-order valence-corrected chi connectivity index (χ2v) is 5.18. The zero-order valence-electron chi connectivity index (χ0n) is 12.0. The van der Waals surface area contributed by atoms with E-state index in [0.29, 0.717) is 25.7 Å². The van der Waals surface area contributed by atoms with E-state index >= 15 is 0 Å². The van der Waals surface area contributed by atoms with Gasteiger partial charge in [0.2, 0.25) is 0 Å². The highest BCUT2D eigenvalue weighted by molar-refractivity contribution is 6.13. The fourth-order valence-corrected chi connectivity index (χ4v) is 2.44. The number of rotatable bonds is 7. The van der Waals surface area contributed by atoms with Crippen molar-refractivity contribution in [2.24, 2.45) is 11.5 Å². The highest BCUT2D eigenvalue weighted by Gasteiger charge is 2.30. The fraction of sp³-hybridized carbons (Fsp3) is 0.429. The fourth-order valence-electron chi connectivity index (χ4n) is 2.44. The highest BCUT2D eigenvalue weighted by atomic mass is 16.2. The first-order valence-electron chi connectivity index (χ1n) is 7.03.